The third kappa shape index (κ3) is 5.44. The van der Waals surface area contributed by atoms with Gasteiger partial charge in [-0.05, 0) is 75.1 Å². The fourth-order valence-corrected chi connectivity index (χ4v) is 10.2. The molecule has 0 saturated heterocycles. The summed E-state index contributed by atoms with van der Waals surface area (Å²) in [5, 5.41) is 11.4. The molecular formula is C59H35N5O. The SMILES string of the molecule is c1ccc(-c2ccc(-c3nc(-c4cc5c(cc4-n4c6cc7ccccc7cc6c6c7ccccc7ccc64)oc4ccccc45)nc(-n4c5ccccc5c5ccccc54)n3)cc2)cc1. The number of hydrogen-bond donors (Lipinski definition) is 0. The first-order valence-corrected chi connectivity index (χ1v) is 21.9. The van der Waals surface area contributed by atoms with Crippen LogP contribution in [-0.4, -0.2) is 24.1 Å². The van der Waals surface area contributed by atoms with Gasteiger partial charge in [0.2, 0.25) is 5.95 Å². The lowest BCUT2D eigenvalue weighted by Gasteiger charge is -2.16. The first-order valence-electron chi connectivity index (χ1n) is 21.9. The van der Waals surface area contributed by atoms with Gasteiger partial charge in [0.05, 0.1) is 27.8 Å². The van der Waals surface area contributed by atoms with Crippen molar-refractivity contribution in [1.82, 2.24) is 24.1 Å². The van der Waals surface area contributed by atoms with E-state index in [0.717, 1.165) is 88.1 Å². The normalized spacial score (nSPS) is 12.0. The van der Waals surface area contributed by atoms with Crippen molar-refractivity contribution >= 4 is 87.1 Å². The topological polar surface area (TPSA) is 61.7 Å². The van der Waals surface area contributed by atoms with E-state index in [0.29, 0.717) is 17.6 Å². The van der Waals surface area contributed by atoms with E-state index in [1.165, 1.54) is 26.9 Å². The molecule has 0 N–H and O–H groups in total. The maximum absolute atomic E-state index is 6.70. The lowest BCUT2D eigenvalue weighted by atomic mass is 10.0. The summed E-state index contributed by atoms with van der Waals surface area (Å²) >= 11 is 0. The van der Waals surface area contributed by atoms with E-state index < -0.39 is 0 Å². The van der Waals surface area contributed by atoms with Gasteiger partial charge in [-0.15, -0.1) is 0 Å². The summed E-state index contributed by atoms with van der Waals surface area (Å²) in [4.78, 5) is 16.4. The van der Waals surface area contributed by atoms with Crippen LogP contribution in [-0.2, 0) is 0 Å². The Morgan fingerprint density at radius 2 is 0.923 bits per heavy atom. The molecule has 4 aromatic heterocycles. The van der Waals surface area contributed by atoms with E-state index in [1.54, 1.807) is 0 Å². The molecule has 0 bridgehead atoms. The first kappa shape index (κ1) is 35.7. The highest BCUT2D eigenvalue weighted by Crippen LogP contribution is 2.43. The summed E-state index contributed by atoms with van der Waals surface area (Å²) in [5.74, 6) is 1.67. The lowest BCUT2D eigenvalue weighted by Crippen LogP contribution is -2.08. The Balaban J connectivity index is 1.11. The minimum absolute atomic E-state index is 0.539. The van der Waals surface area contributed by atoms with Gasteiger partial charge in [0, 0.05) is 49.5 Å². The van der Waals surface area contributed by atoms with E-state index in [-0.39, 0.29) is 0 Å². The number of fused-ring (bicyclic) bond motifs is 12. The summed E-state index contributed by atoms with van der Waals surface area (Å²) in [6.07, 6.45) is 0. The van der Waals surface area contributed by atoms with Gasteiger partial charge >= 0.3 is 0 Å². The molecule has 65 heavy (non-hydrogen) atoms. The largest absolute Gasteiger partial charge is 0.456 e. The molecule has 0 aliphatic carbocycles. The summed E-state index contributed by atoms with van der Waals surface area (Å²) in [7, 11) is 0. The van der Waals surface area contributed by atoms with Gasteiger partial charge in [-0.3, -0.25) is 4.57 Å². The molecule has 0 saturated carbocycles. The molecule has 14 rings (SSSR count). The first-order chi connectivity index (χ1) is 32.2. The van der Waals surface area contributed by atoms with Crippen molar-refractivity contribution in [3.05, 3.63) is 212 Å². The van der Waals surface area contributed by atoms with E-state index in [1.807, 2.05) is 18.2 Å². The highest BCUT2D eigenvalue weighted by atomic mass is 16.3. The Hall–Kier alpha value is -8.87. The summed E-state index contributed by atoms with van der Waals surface area (Å²) < 4.78 is 11.3. The number of furan rings is 1. The Kier molecular flexibility index (Phi) is 7.59. The van der Waals surface area contributed by atoms with Gasteiger partial charge in [-0.25, -0.2) is 4.98 Å². The predicted molar refractivity (Wildman–Crippen MR) is 267 cm³/mol. The maximum atomic E-state index is 6.70. The van der Waals surface area contributed by atoms with Crippen LogP contribution in [0.2, 0.25) is 0 Å². The van der Waals surface area contributed by atoms with Crippen molar-refractivity contribution in [2.45, 2.75) is 0 Å². The molecule has 0 spiro atoms. The van der Waals surface area contributed by atoms with Crippen molar-refractivity contribution in [2.24, 2.45) is 0 Å². The molecule has 10 aromatic carbocycles. The molecule has 14 aromatic rings. The highest BCUT2D eigenvalue weighted by Gasteiger charge is 2.24. The minimum Gasteiger partial charge on any atom is -0.456 e. The molecule has 6 nitrogen and oxygen atoms in total. The third-order valence-electron chi connectivity index (χ3n) is 13.2. The minimum atomic E-state index is 0.539. The molecule has 0 aliphatic heterocycles. The van der Waals surface area contributed by atoms with Crippen LogP contribution in [0.1, 0.15) is 0 Å². The summed E-state index contributed by atoms with van der Waals surface area (Å²) in [6, 6.07) is 75.0. The Labute approximate surface area is 371 Å². The average Bonchev–Trinajstić information content (AvgIpc) is 4.02. The quantitative estimate of drug-likeness (QED) is 0.173. The zero-order valence-corrected chi connectivity index (χ0v) is 34.9. The van der Waals surface area contributed by atoms with Crippen molar-refractivity contribution in [3.63, 3.8) is 0 Å². The number of hydrogen-bond acceptors (Lipinski definition) is 4. The summed E-state index contributed by atoms with van der Waals surface area (Å²) in [6.45, 7) is 0. The van der Waals surface area contributed by atoms with Crippen LogP contribution < -0.4 is 0 Å². The molecule has 0 atom stereocenters. The number of para-hydroxylation sites is 3. The van der Waals surface area contributed by atoms with Gasteiger partial charge < -0.3 is 8.98 Å². The highest BCUT2D eigenvalue weighted by molar-refractivity contribution is 6.23. The molecule has 0 unspecified atom stereocenters. The van der Waals surface area contributed by atoms with E-state index >= 15 is 0 Å². The molecule has 0 fully saturated rings. The average molecular weight is 830 g/mol. The number of rotatable bonds is 5. The Morgan fingerprint density at radius 1 is 0.323 bits per heavy atom. The smallest absolute Gasteiger partial charge is 0.238 e. The second kappa shape index (κ2) is 13.8. The predicted octanol–water partition coefficient (Wildman–Crippen LogP) is 15.3. The zero-order chi connectivity index (χ0) is 42.6. The van der Waals surface area contributed by atoms with Crippen LogP contribution in [0.3, 0.4) is 0 Å². The monoisotopic (exact) mass is 829 g/mol. The number of nitrogens with zero attached hydrogens (tertiary/aromatic N) is 5. The number of aromatic nitrogens is 5. The van der Waals surface area contributed by atoms with E-state index in [9.17, 15) is 0 Å². The van der Waals surface area contributed by atoms with Crippen LogP contribution in [0.4, 0.5) is 0 Å². The van der Waals surface area contributed by atoms with Crippen LogP contribution in [0, 0.1) is 0 Å². The molecule has 302 valence electrons. The van der Waals surface area contributed by atoms with Crippen molar-refractivity contribution in [3.8, 4) is 45.5 Å². The fourth-order valence-electron chi connectivity index (χ4n) is 10.2. The second-order valence-corrected chi connectivity index (χ2v) is 16.8. The second-order valence-electron chi connectivity index (χ2n) is 16.8. The van der Waals surface area contributed by atoms with Gasteiger partial charge in [0.1, 0.15) is 11.2 Å². The number of benzene rings is 10. The van der Waals surface area contributed by atoms with E-state index in [4.69, 9.17) is 19.4 Å². The van der Waals surface area contributed by atoms with Crippen LogP contribution in [0.25, 0.3) is 133 Å². The van der Waals surface area contributed by atoms with Gasteiger partial charge in [-0.2, -0.15) is 9.97 Å². The molecule has 4 heterocycles. The van der Waals surface area contributed by atoms with Crippen LogP contribution in [0.15, 0.2) is 217 Å². The van der Waals surface area contributed by atoms with Gasteiger partial charge in [-0.1, -0.05) is 164 Å². The van der Waals surface area contributed by atoms with Crippen molar-refractivity contribution in [2.75, 3.05) is 0 Å². The van der Waals surface area contributed by atoms with Gasteiger partial charge in [0.15, 0.2) is 11.6 Å². The van der Waals surface area contributed by atoms with Crippen molar-refractivity contribution in [1.29, 1.82) is 0 Å². The Bertz CT molecular complexity index is 4180. The molecule has 0 amide bonds. The van der Waals surface area contributed by atoms with E-state index in [2.05, 4.69) is 203 Å². The lowest BCUT2D eigenvalue weighted by molar-refractivity contribution is 0.668. The van der Waals surface area contributed by atoms with Crippen molar-refractivity contribution < 1.29 is 4.42 Å². The fraction of sp³-hybridized carbons (Fsp3) is 0. The molecule has 6 heteroatoms. The Morgan fingerprint density at radius 3 is 1.69 bits per heavy atom. The standard InChI is InChI=1S/C59H35N5O/c1-2-14-36(15-3-1)37-26-28-39(29-27-37)57-60-58(62-59(61-57)64-49-23-11-8-20-43(49)44-21-9-12-24-50(44)64)48-34-46-45-22-10-13-25-54(45)65-55(46)35-53(48)63-51-31-30-38-16-6-7-19-42(38)56(51)47-32-40-17-4-5-18-41(40)33-52(47)63/h1-35H. The maximum Gasteiger partial charge on any atom is 0.238 e. The molecule has 0 radical (unpaired) electrons. The zero-order valence-electron chi connectivity index (χ0n) is 34.9. The van der Waals surface area contributed by atoms with Crippen LogP contribution >= 0.6 is 0 Å². The molecule has 0 aliphatic rings. The third-order valence-corrected chi connectivity index (χ3v) is 13.2. The summed E-state index contributed by atoms with van der Waals surface area (Å²) in [5.41, 5.74) is 10.8. The van der Waals surface area contributed by atoms with Gasteiger partial charge in [0.25, 0.3) is 0 Å². The molecular weight excluding hydrogens is 795 g/mol. The van der Waals surface area contributed by atoms with Crippen LogP contribution in [0.5, 0.6) is 0 Å².